The largest absolute Gasteiger partial charge is 0.481 e. The monoisotopic (exact) mass is 476 g/mol. The predicted molar refractivity (Wildman–Crippen MR) is 121 cm³/mol. The van der Waals surface area contributed by atoms with Crippen molar-refractivity contribution in [2.75, 3.05) is 38.0 Å². The topological polar surface area (TPSA) is 105 Å². The van der Waals surface area contributed by atoms with Crippen molar-refractivity contribution in [2.45, 2.75) is 38.7 Å². The number of nitrogens with zero attached hydrogens (tertiary/aromatic N) is 4. The van der Waals surface area contributed by atoms with Crippen LogP contribution in [0, 0.1) is 0 Å². The van der Waals surface area contributed by atoms with Crippen molar-refractivity contribution in [3.63, 3.8) is 0 Å². The van der Waals surface area contributed by atoms with Crippen molar-refractivity contribution >= 4 is 23.5 Å². The number of quaternary nitrogens is 1. The summed E-state index contributed by atoms with van der Waals surface area (Å²) in [6, 6.07) is 6.79. The molecule has 2 N–H and O–H groups in total. The summed E-state index contributed by atoms with van der Waals surface area (Å²) in [6.45, 7) is -0.670. The Morgan fingerprint density at radius 3 is 2.88 bits per heavy atom. The van der Waals surface area contributed by atoms with Gasteiger partial charge in [-0.3, -0.25) is 9.69 Å². The smallest absolute Gasteiger partial charge is 0.424 e. The third-order valence-corrected chi connectivity index (χ3v) is 6.33. The van der Waals surface area contributed by atoms with Crippen molar-refractivity contribution in [1.82, 2.24) is 19.4 Å². The number of fused-ring (bicyclic) bond motifs is 1. The normalized spacial score (nSPS) is 19.7. The van der Waals surface area contributed by atoms with E-state index in [2.05, 4.69) is 21.1 Å². The number of hydrogen-bond donors (Lipinski definition) is 2. The van der Waals surface area contributed by atoms with Gasteiger partial charge in [0.05, 0.1) is 25.7 Å². The Morgan fingerprint density at radius 1 is 1.29 bits per heavy atom. The number of ether oxygens (including phenoxy) is 1. The Hall–Kier alpha value is -3.34. The molecule has 4 heterocycles. The van der Waals surface area contributed by atoms with Crippen molar-refractivity contribution in [1.29, 1.82) is 0 Å². The van der Waals surface area contributed by atoms with Gasteiger partial charge in [0.1, 0.15) is 12.4 Å². The average Bonchev–Trinajstić information content (AvgIpc) is 3.14. The molecule has 0 bridgehead atoms. The maximum Gasteiger partial charge on any atom is 0.424 e. The number of carboxylic acid groups (broad SMARTS) is 1. The molecule has 2 aromatic rings. The first kappa shape index (κ1) is 23.8. The highest BCUT2D eigenvalue weighted by molar-refractivity contribution is 5.89. The van der Waals surface area contributed by atoms with Crippen molar-refractivity contribution < 1.29 is 28.2 Å². The van der Waals surface area contributed by atoms with Crippen LogP contribution in [0.5, 0.6) is 5.88 Å². The minimum atomic E-state index is -2.99. The van der Waals surface area contributed by atoms with Crippen LogP contribution in [-0.4, -0.2) is 71.3 Å². The van der Waals surface area contributed by atoms with Gasteiger partial charge in [-0.1, -0.05) is 6.07 Å². The molecule has 1 fully saturated rings. The summed E-state index contributed by atoms with van der Waals surface area (Å²) in [5.74, 6) is -0.277. The summed E-state index contributed by atoms with van der Waals surface area (Å²) in [6.07, 6.45) is 4.66. The molecule has 9 nitrogen and oxygen atoms in total. The summed E-state index contributed by atoms with van der Waals surface area (Å²) in [5.41, 5.74) is 2.70. The van der Waals surface area contributed by atoms with Gasteiger partial charge in [-0.25, -0.2) is 19.2 Å². The lowest BCUT2D eigenvalue weighted by Crippen LogP contribution is -2.53. The molecule has 182 valence electrons. The average molecular weight is 477 g/mol. The second-order valence-corrected chi connectivity index (χ2v) is 8.51. The molecule has 11 heteroatoms. The van der Waals surface area contributed by atoms with Crippen molar-refractivity contribution in [3.8, 4) is 5.88 Å². The summed E-state index contributed by atoms with van der Waals surface area (Å²) in [7, 11) is 0. The number of amides is 2. The Labute approximate surface area is 196 Å². The lowest BCUT2D eigenvalue weighted by Gasteiger charge is -2.30. The second kappa shape index (κ2) is 10.3. The van der Waals surface area contributed by atoms with Gasteiger partial charge >= 0.3 is 18.6 Å². The molecule has 2 aliphatic rings. The van der Waals surface area contributed by atoms with Gasteiger partial charge in [0.15, 0.2) is 5.69 Å². The fourth-order valence-electron chi connectivity index (χ4n) is 4.59. The Balaban J connectivity index is 1.51. The number of nitrogens with one attached hydrogen (secondary N) is 1. The number of anilines is 1. The molecule has 0 radical (unpaired) electrons. The van der Waals surface area contributed by atoms with E-state index in [1.807, 2.05) is 6.07 Å². The van der Waals surface area contributed by atoms with E-state index in [9.17, 15) is 18.4 Å². The molecule has 2 aliphatic heterocycles. The number of carbonyl (C=O) groups is 2. The quantitative estimate of drug-likeness (QED) is 0.507. The van der Waals surface area contributed by atoms with Crippen molar-refractivity contribution in [3.05, 3.63) is 41.7 Å². The lowest BCUT2D eigenvalue weighted by atomic mass is 10.1. The van der Waals surface area contributed by atoms with Gasteiger partial charge in [-0.2, -0.15) is 8.78 Å². The first-order valence-electron chi connectivity index (χ1n) is 11.4. The number of aliphatic carboxylic acids is 1. The van der Waals surface area contributed by atoms with Crippen molar-refractivity contribution in [2.24, 2.45) is 0 Å². The molecule has 34 heavy (non-hydrogen) atoms. The first-order chi connectivity index (χ1) is 16.4. The molecule has 0 saturated carbocycles. The highest BCUT2D eigenvalue weighted by Gasteiger charge is 2.48. The van der Waals surface area contributed by atoms with Crippen LogP contribution in [0.4, 0.5) is 25.1 Å². The maximum atomic E-state index is 13.4. The summed E-state index contributed by atoms with van der Waals surface area (Å²) >= 11 is 0. The van der Waals surface area contributed by atoms with E-state index in [1.165, 1.54) is 17.8 Å². The zero-order valence-electron chi connectivity index (χ0n) is 18.8. The Morgan fingerprint density at radius 2 is 2.15 bits per heavy atom. The molecule has 1 saturated heterocycles. The van der Waals surface area contributed by atoms with E-state index in [-0.39, 0.29) is 29.4 Å². The highest BCUT2D eigenvalue weighted by atomic mass is 19.3. The molecule has 0 aliphatic carbocycles. The minimum Gasteiger partial charge on any atom is -0.481 e. The van der Waals surface area contributed by atoms with Crippen LogP contribution in [0.2, 0.25) is 0 Å². The lowest BCUT2D eigenvalue weighted by molar-refractivity contribution is -0.137. The summed E-state index contributed by atoms with van der Waals surface area (Å²) in [4.78, 5) is 34.7. The molecule has 2 amide bonds. The van der Waals surface area contributed by atoms with E-state index in [4.69, 9.17) is 10.1 Å². The van der Waals surface area contributed by atoms with Crippen LogP contribution in [0.1, 0.15) is 30.5 Å². The van der Waals surface area contributed by atoms with E-state index >= 15 is 0 Å². The van der Waals surface area contributed by atoms with E-state index in [0.717, 1.165) is 30.9 Å². The number of carboxylic acids is 1. The van der Waals surface area contributed by atoms with Gasteiger partial charge in [-0.05, 0) is 30.9 Å². The number of urea groups is 1. The highest BCUT2D eigenvalue weighted by Crippen LogP contribution is 2.31. The first-order valence-corrected chi connectivity index (χ1v) is 11.4. The molecular formula is C23H28F2N5O4+. The number of aryl methyl sites for hydroxylation is 2. The SMILES string of the molecule is O=C(O)CCN1CC[N@@+](CCCc2ccc3c(n2)NCCC3)(c2ccc(OC(F)F)nc2)C1=O. The predicted octanol–water partition coefficient (Wildman–Crippen LogP) is 3.29. The molecule has 4 rings (SSSR count). The standard InChI is InChI=1S/C23H27F2N5O4/c24-22(25)34-19-8-7-18(15-27-19)30(14-12-29(23(30)33)11-9-20(31)32)13-2-4-17-6-5-16-3-1-10-26-21(16)28-17/h5-8,15,22H,1-4,9-14H2,(H-,26,28,31,32)/p+1/t30-/m0/s1. The third kappa shape index (κ3) is 5.24. The number of alkyl halides is 2. The van der Waals surface area contributed by atoms with Crippen LogP contribution in [-0.2, 0) is 17.6 Å². The van der Waals surface area contributed by atoms with Gasteiger partial charge in [0.25, 0.3) is 0 Å². The van der Waals surface area contributed by atoms with Gasteiger partial charge in [-0.15, -0.1) is 0 Å². The van der Waals surface area contributed by atoms with Gasteiger partial charge in [0, 0.05) is 37.3 Å². The second-order valence-electron chi connectivity index (χ2n) is 8.51. The molecule has 0 aromatic carbocycles. The van der Waals surface area contributed by atoms with Gasteiger partial charge in [0.2, 0.25) is 5.88 Å². The van der Waals surface area contributed by atoms with E-state index in [1.54, 1.807) is 11.0 Å². The number of pyridine rings is 2. The minimum absolute atomic E-state index is 0.0508. The zero-order valence-corrected chi connectivity index (χ0v) is 18.8. The number of carbonyl (C=O) groups excluding carboxylic acids is 1. The Bertz CT molecular complexity index is 1040. The van der Waals surface area contributed by atoms with Crippen LogP contribution in [0.3, 0.4) is 0 Å². The molecule has 1 atom stereocenters. The van der Waals surface area contributed by atoms with Gasteiger partial charge < -0.3 is 15.2 Å². The third-order valence-electron chi connectivity index (χ3n) is 6.33. The number of hydrogen-bond acceptors (Lipinski definition) is 6. The fraction of sp³-hybridized carbons (Fsp3) is 0.478. The van der Waals surface area contributed by atoms with Crippen LogP contribution in [0.15, 0.2) is 30.5 Å². The van der Waals surface area contributed by atoms with Crippen LogP contribution < -0.4 is 14.5 Å². The molecule has 0 unspecified atom stereocenters. The fourth-order valence-corrected chi connectivity index (χ4v) is 4.59. The molecule has 2 aromatic heterocycles. The number of aromatic nitrogens is 2. The number of rotatable bonds is 10. The summed E-state index contributed by atoms with van der Waals surface area (Å²) in [5, 5.41) is 12.3. The van der Waals surface area contributed by atoms with E-state index < -0.39 is 12.6 Å². The van der Waals surface area contributed by atoms with E-state index in [0.29, 0.717) is 38.2 Å². The number of halogens is 2. The maximum absolute atomic E-state index is 13.4. The van der Waals surface area contributed by atoms with Crippen LogP contribution >= 0.6 is 0 Å². The summed E-state index contributed by atoms with van der Waals surface area (Å²) < 4.78 is 29.3. The van der Waals surface area contributed by atoms with Crippen LogP contribution in [0.25, 0.3) is 0 Å². The molecule has 0 spiro atoms. The zero-order chi connectivity index (χ0) is 24.1. The Kier molecular flexibility index (Phi) is 7.20. The molecular weight excluding hydrogens is 448 g/mol.